The molecule has 1 amide bonds. The number of rotatable bonds is 6. The van der Waals surface area contributed by atoms with Crippen LogP contribution in [0, 0.1) is 0 Å². The number of nitrogens with zero attached hydrogens (tertiary/aromatic N) is 2. The molecule has 1 heterocycles. The highest BCUT2D eigenvalue weighted by molar-refractivity contribution is 6.35. The van der Waals surface area contributed by atoms with Gasteiger partial charge in [-0.15, -0.1) is 0 Å². The second-order valence-electron chi connectivity index (χ2n) is 5.99. The number of hydrogen-bond donors (Lipinski definition) is 2. The van der Waals surface area contributed by atoms with Gasteiger partial charge >= 0.3 is 5.97 Å². The van der Waals surface area contributed by atoms with Crippen molar-refractivity contribution >= 4 is 40.8 Å². The number of piperidine rings is 1. The summed E-state index contributed by atoms with van der Waals surface area (Å²) >= 11 is 11.9. The highest BCUT2D eigenvalue weighted by Gasteiger charge is 2.24. The monoisotopic (exact) mass is 373 g/mol. The van der Waals surface area contributed by atoms with E-state index in [9.17, 15) is 9.59 Å². The first-order valence-corrected chi connectivity index (χ1v) is 8.50. The fourth-order valence-corrected chi connectivity index (χ4v) is 3.18. The molecule has 0 unspecified atom stereocenters. The summed E-state index contributed by atoms with van der Waals surface area (Å²) < 4.78 is 0. The van der Waals surface area contributed by atoms with Gasteiger partial charge in [0, 0.05) is 24.2 Å². The molecule has 0 spiro atoms. The lowest BCUT2D eigenvalue weighted by molar-refractivity contribution is -0.138. The fourth-order valence-electron chi connectivity index (χ4n) is 2.85. The van der Waals surface area contributed by atoms with Crippen LogP contribution in [-0.2, 0) is 9.59 Å². The van der Waals surface area contributed by atoms with Crippen LogP contribution < -0.4 is 5.32 Å². The van der Waals surface area contributed by atoms with Crippen LogP contribution in [0.25, 0.3) is 0 Å². The molecule has 1 aromatic carbocycles. The zero-order valence-corrected chi connectivity index (χ0v) is 15.0. The number of halogens is 2. The standard InChI is InChI=1S/C16H21Cl2N3O3/c1-20(10-16(23)24)12-4-6-21(7-5-12)9-15(22)19-14-8-11(17)2-3-13(14)18/h2-3,8,12H,4-7,9-10H2,1H3,(H,19,22)(H,23,24). The third-order valence-corrected chi connectivity index (χ3v) is 4.70. The van der Waals surface area contributed by atoms with Crippen LogP contribution in [0.1, 0.15) is 12.8 Å². The molecule has 24 heavy (non-hydrogen) atoms. The number of likely N-dealkylation sites (tertiary alicyclic amines) is 1. The van der Waals surface area contributed by atoms with Crippen molar-refractivity contribution in [1.82, 2.24) is 9.80 Å². The molecule has 6 nitrogen and oxygen atoms in total. The number of amides is 1. The van der Waals surface area contributed by atoms with Crippen molar-refractivity contribution in [2.24, 2.45) is 0 Å². The van der Waals surface area contributed by atoms with E-state index in [1.165, 1.54) is 0 Å². The van der Waals surface area contributed by atoms with Gasteiger partial charge in [0.25, 0.3) is 0 Å². The highest BCUT2D eigenvalue weighted by Crippen LogP contribution is 2.25. The normalized spacial score (nSPS) is 16.3. The Kier molecular flexibility index (Phi) is 6.86. The summed E-state index contributed by atoms with van der Waals surface area (Å²) in [6, 6.07) is 5.17. The van der Waals surface area contributed by atoms with Crippen LogP contribution in [0.3, 0.4) is 0 Å². The lowest BCUT2D eigenvalue weighted by atomic mass is 10.0. The molecule has 8 heteroatoms. The Hall–Kier alpha value is -1.34. The number of carbonyl (C=O) groups excluding carboxylic acids is 1. The van der Waals surface area contributed by atoms with E-state index in [2.05, 4.69) is 10.2 Å². The molecule has 0 aliphatic carbocycles. The van der Waals surface area contributed by atoms with Crippen LogP contribution in [0.5, 0.6) is 0 Å². The minimum Gasteiger partial charge on any atom is -0.480 e. The molecule has 0 bridgehead atoms. The van der Waals surface area contributed by atoms with E-state index in [0.29, 0.717) is 15.7 Å². The van der Waals surface area contributed by atoms with Gasteiger partial charge in [0.15, 0.2) is 0 Å². The predicted molar refractivity (Wildman–Crippen MR) is 94.8 cm³/mol. The molecular formula is C16H21Cl2N3O3. The molecule has 132 valence electrons. The maximum Gasteiger partial charge on any atom is 0.317 e. The van der Waals surface area contributed by atoms with Gasteiger partial charge in [0.1, 0.15) is 0 Å². The van der Waals surface area contributed by atoms with Gasteiger partial charge < -0.3 is 10.4 Å². The Morgan fingerprint density at radius 3 is 2.62 bits per heavy atom. The van der Waals surface area contributed by atoms with E-state index in [4.69, 9.17) is 28.3 Å². The zero-order valence-electron chi connectivity index (χ0n) is 13.5. The third kappa shape index (κ3) is 5.63. The van der Waals surface area contributed by atoms with Crippen molar-refractivity contribution in [2.75, 3.05) is 38.5 Å². The van der Waals surface area contributed by atoms with E-state index in [-0.39, 0.29) is 25.0 Å². The van der Waals surface area contributed by atoms with Crippen LogP contribution in [-0.4, -0.2) is 66.1 Å². The van der Waals surface area contributed by atoms with Crippen molar-refractivity contribution in [1.29, 1.82) is 0 Å². The van der Waals surface area contributed by atoms with Crippen LogP contribution in [0.4, 0.5) is 5.69 Å². The molecule has 1 fully saturated rings. The number of benzene rings is 1. The van der Waals surface area contributed by atoms with Crippen molar-refractivity contribution in [3.63, 3.8) is 0 Å². The molecule has 2 N–H and O–H groups in total. The number of nitrogens with one attached hydrogen (secondary N) is 1. The van der Waals surface area contributed by atoms with Crippen molar-refractivity contribution < 1.29 is 14.7 Å². The summed E-state index contributed by atoms with van der Waals surface area (Å²) in [6.45, 7) is 1.83. The maximum absolute atomic E-state index is 12.2. The first kappa shape index (κ1) is 19.0. The fraction of sp³-hybridized carbons (Fsp3) is 0.500. The van der Waals surface area contributed by atoms with Crippen molar-refractivity contribution in [3.05, 3.63) is 28.2 Å². The maximum atomic E-state index is 12.2. The summed E-state index contributed by atoms with van der Waals surface area (Å²) in [5.74, 6) is -0.964. The number of aliphatic carboxylic acids is 1. The molecule has 0 aromatic heterocycles. The molecular weight excluding hydrogens is 353 g/mol. The molecule has 2 rings (SSSR count). The average Bonchev–Trinajstić information content (AvgIpc) is 2.51. The van der Waals surface area contributed by atoms with E-state index < -0.39 is 5.97 Å². The summed E-state index contributed by atoms with van der Waals surface area (Å²) in [5, 5.41) is 12.6. The number of likely N-dealkylation sites (N-methyl/N-ethyl adjacent to an activating group) is 1. The smallest absolute Gasteiger partial charge is 0.317 e. The van der Waals surface area contributed by atoms with E-state index in [1.54, 1.807) is 18.2 Å². The van der Waals surface area contributed by atoms with Crippen molar-refractivity contribution in [2.45, 2.75) is 18.9 Å². The Labute approximate surface area is 151 Å². The lowest BCUT2D eigenvalue weighted by Gasteiger charge is -2.35. The number of carboxylic acids is 1. The third-order valence-electron chi connectivity index (χ3n) is 4.13. The SMILES string of the molecule is CN(CC(=O)O)C1CCN(CC(=O)Nc2cc(Cl)ccc2Cl)CC1. The number of anilines is 1. The van der Waals surface area contributed by atoms with Gasteiger partial charge in [-0.3, -0.25) is 19.4 Å². The second kappa shape index (κ2) is 8.67. The lowest BCUT2D eigenvalue weighted by Crippen LogP contribution is -2.46. The van der Waals surface area contributed by atoms with E-state index >= 15 is 0 Å². The zero-order chi connectivity index (χ0) is 17.7. The number of hydrogen-bond acceptors (Lipinski definition) is 4. The molecule has 0 saturated carbocycles. The molecule has 0 atom stereocenters. The topological polar surface area (TPSA) is 72.9 Å². The first-order chi connectivity index (χ1) is 11.3. The Balaban J connectivity index is 1.80. The van der Waals surface area contributed by atoms with Gasteiger partial charge in [0.05, 0.1) is 23.8 Å². The second-order valence-corrected chi connectivity index (χ2v) is 6.83. The number of carboxylic acid groups (broad SMARTS) is 1. The van der Waals surface area contributed by atoms with Gasteiger partial charge in [-0.05, 0) is 38.1 Å². The van der Waals surface area contributed by atoms with Gasteiger partial charge in [-0.2, -0.15) is 0 Å². The largest absolute Gasteiger partial charge is 0.480 e. The van der Waals surface area contributed by atoms with Gasteiger partial charge in [-0.25, -0.2) is 0 Å². The average molecular weight is 374 g/mol. The highest BCUT2D eigenvalue weighted by atomic mass is 35.5. The van der Waals surface area contributed by atoms with Gasteiger partial charge in [-0.1, -0.05) is 23.2 Å². The quantitative estimate of drug-likeness (QED) is 0.800. The molecule has 1 aliphatic rings. The van der Waals surface area contributed by atoms with Crippen LogP contribution >= 0.6 is 23.2 Å². The Morgan fingerprint density at radius 2 is 2.00 bits per heavy atom. The first-order valence-electron chi connectivity index (χ1n) is 7.74. The summed E-state index contributed by atoms with van der Waals surface area (Å²) in [5.41, 5.74) is 0.505. The summed E-state index contributed by atoms with van der Waals surface area (Å²) in [7, 11) is 1.82. The molecule has 1 aromatic rings. The molecule has 0 radical (unpaired) electrons. The van der Waals surface area contributed by atoms with Crippen LogP contribution in [0.15, 0.2) is 18.2 Å². The van der Waals surface area contributed by atoms with Gasteiger partial charge in [0.2, 0.25) is 5.91 Å². The van der Waals surface area contributed by atoms with E-state index in [1.807, 2.05) is 11.9 Å². The molecule has 1 aliphatic heterocycles. The predicted octanol–water partition coefficient (Wildman–Crippen LogP) is 2.41. The minimum absolute atomic E-state index is 0.0401. The molecule has 1 saturated heterocycles. The summed E-state index contributed by atoms with van der Waals surface area (Å²) in [6.07, 6.45) is 1.68. The number of carbonyl (C=O) groups is 2. The Morgan fingerprint density at radius 1 is 1.33 bits per heavy atom. The van der Waals surface area contributed by atoms with Crippen molar-refractivity contribution in [3.8, 4) is 0 Å². The van der Waals surface area contributed by atoms with E-state index in [0.717, 1.165) is 25.9 Å². The summed E-state index contributed by atoms with van der Waals surface area (Å²) in [4.78, 5) is 26.8. The Bertz CT molecular complexity index is 604. The van der Waals surface area contributed by atoms with Crippen LogP contribution in [0.2, 0.25) is 10.0 Å². The minimum atomic E-state index is -0.822.